The number of esters is 2. The lowest BCUT2D eigenvalue weighted by molar-refractivity contribution is -0.138. The second kappa shape index (κ2) is 11.8. The van der Waals surface area contributed by atoms with Crippen LogP contribution < -0.4 is 18.9 Å². The number of halogens is 1. The van der Waals surface area contributed by atoms with Crippen LogP contribution >= 0.6 is 11.6 Å². The number of fused-ring (bicyclic) bond motifs is 1. The maximum Gasteiger partial charge on any atom is 0.313 e. The third kappa shape index (κ3) is 6.26. The Morgan fingerprint density at radius 1 is 0.871 bits per heavy atom. The van der Waals surface area contributed by atoms with Gasteiger partial charge >= 0.3 is 11.9 Å². The van der Waals surface area contributed by atoms with Crippen molar-refractivity contribution < 1.29 is 28.5 Å². The summed E-state index contributed by atoms with van der Waals surface area (Å²) in [6.07, 6.45) is 5.42. The van der Waals surface area contributed by atoms with Gasteiger partial charge < -0.3 is 18.9 Å². The lowest BCUT2D eigenvalue weighted by Crippen LogP contribution is -2.16. The highest BCUT2D eigenvalue weighted by molar-refractivity contribution is 6.31. The standard InChI is InChI=1S/C24H31ClO6/c1-6-7-8-9-10-11-19(26)30-20-17-13-12-16(25)14-18(17)21(31-24(27)15(2)3)23(29-5)22(20)28-4/h12-15H,6-11H2,1-5H3. The zero-order valence-electron chi connectivity index (χ0n) is 18.9. The molecule has 0 bridgehead atoms. The molecule has 2 rings (SSSR count). The summed E-state index contributed by atoms with van der Waals surface area (Å²) in [5, 5.41) is 1.47. The molecule has 31 heavy (non-hydrogen) atoms. The predicted molar refractivity (Wildman–Crippen MR) is 122 cm³/mol. The van der Waals surface area contributed by atoms with Gasteiger partial charge in [-0.2, -0.15) is 0 Å². The van der Waals surface area contributed by atoms with E-state index in [2.05, 4.69) is 6.92 Å². The molecule has 0 aliphatic heterocycles. The number of carbonyl (C=O) groups is 2. The summed E-state index contributed by atoms with van der Waals surface area (Å²) < 4.78 is 22.4. The van der Waals surface area contributed by atoms with E-state index >= 15 is 0 Å². The first-order valence-electron chi connectivity index (χ1n) is 10.6. The second-order valence-corrected chi connectivity index (χ2v) is 8.07. The molecule has 0 amide bonds. The Morgan fingerprint density at radius 3 is 2.06 bits per heavy atom. The van der Waals surface area contributed by atoms with Gasteiger partial charge in [-0.1, -0.05) is 58.1 Å². The van der Waals surface area contributed by atoms with Gasteiger partial charge in [-0.25, -0.2) is 0 Å². The van der Waals surface area contributed by atoms with Gasteiger partial charge in [0.25, 0.3) is 0 Å². The van der Waals surface area contributed by atoms with Gasteiger partial charge in [0.15, 0.2) is 11.5 Å². The number of unbranched alkanes of at least 4 members (excludes halogenated alkanes) is 4. The van der Waals surface area contributed by atoms with Crippen molar-refractivity contribution in [3.05, 3.63) is 23.2 Å². The second-order valence-electron chi connectivity index (χ2n) is 7.63. The molecule has 7 heteroatoms. The number of hydrogen-bond acceptors (Lipinski definition) is 6. The van der Waals surface area contributed by atoms with E-state index in [0.717, 1.165) is 32.1 Å². The highest BCUT2D eigenvalue weighted by Gasteiger charge is 2.27. The number of methoxy groups -OCH3 is 2. The fourth-order valence-electron chi connectivity index (χ4n) is 3.18. The monoisotopic (exact) mass is 450 g/mol. The van der Waals surface area contributed by atoms with Crippen LogP contribution in [-0.4, -0.2) is 26.2 Å². The normalized spacial score (nSPS) is 10.9. The minimum Gasteiger partial charge on any atom is -0.490 e. The molecule has 0 saturated carbocycles. The molecule has 0 atom stereocenters. The Kier molecular flexibility index (Phi) is 9.44. The number of rotatable bonds is 11. The summed E-state index contributed by atoms with van der Waals surface area (Å²) in [6, 6.07) is 5.02. The smallest absolute Gasteiger partial charge is 0.313 e. The van der Waals surface area contributed by atoms with Crippen LogP contribution in [0.2, 0.25) is 5.02 Å². The third-order valence-electron chi connectivity index (χ3n) is 4.87. The van der Waals surface area contributed by atoms with Crippen LogP contribution in [0.1, 0.15) is 59.3 Å². The molecule has 2 aromatic rings. The predicted octanol–water partition coefficient (Wildman–Crippen LogP) is 6.34. The summed E-state index contributed by atoms with van der Waals surface area (Å²) in [6.45, 7) is 5.61. The van der Waals surface area contributed by atoms with Crippen LogP contribution in [0.3, 0.4) is 0 Å². The van der Waals surface area contributed by atoms with Crippen molar-refractivity contribution in [1.82, 2.24) is 0 Å². The van der Waals surface area contributed by atoms with Gasteiger partial charge in [-0.15, -0.1) is 0 Å². The van der Waals surface area contributed by atoms with Gasteiger partial charge in [0, 0.05) is 22.2 Å². The molecule has 0 spiro atoms. The number of ether oxygens (including phenoxy) is 4. The maximum atomic E-state index is 12.5. The van der Waals surface area contributed by atoms with Crippen molar-refractivity contribution in [1.29, 1.82) is 0 Å². The van der Waals surface area contributed by atoms with Gasteiger partial charge in [0.1, 0.15) is 0 Å². The summed E-state index contributed by atoms with van der Waals surface area (Å²) in [5.41, 5.74) is 0. The molecular weight excluding hydrogens is 420 g/mol. The van der Waals surface area contributed by atoms with Crippen LogP contribution in [0, 0.1) is 5.92 Å². The van der Waals surface area contributed by atoms with Crippen LogP contribution in [0.15, 0.2) is 18.2 Å². The molecule has 0 saturated heterocycles. The fourth-order valence-corrected chi connectivity index (χ4v) is 3.35. The molecular formula is C24H31ClO6. The van der Waals surface area contributed by atoms with E-state index in [1.165, 1.54) is 14.2 Å². The highest BCUT2D eigenvalue weighted by Crippen LogP contribution is 2.51. The third-order valence-corrected chi connectivity index (χ3v) is 5.11. The van der Waals surface area contributed by atoms with Gasteiger partial charge in [-0.05, 0) is 24.6 Å². The molecule has 0 aliphatic carbocycles. The Morgan fingerprint density at radius 2 is 1.48 bits per heavy atom. The van der Waals surface area contributed by atoms with Crippen LogP contribution in [0.4, 0.5) is 0 Å². The first-order valence-corrected chi connectivity index (χ1v) is 11.0. The minimum atomic E-state index is -0.432. The number of benzene rings is 2. The first kappa shape index (κ1) is 24.8. The van der Waals surface area contributed by atoms with E-state index in [0.29, 0.717) is 22.2 Å². The Balaban J connectivity index is 2.49. The van der Waals surface area contributed by atoms with Gasteiger partial charge in [-0.3, -0.25) is 9.59 Å². The first-order chi connectivity index (χ1) is 14.8. The Labute approximate surface area is 188 Å². The summed E-state index contributed by atoms with van der Waals surface area (Å²) >= 11 is 6.21. The van der Waals surface area contributed by atoms with Crippen molar-refractivity contribution in [2.24, 2.45) is 5.92 Å². The van der Waals surface area contributed by atoms with E-state index in [-0.39, 0.29) is 34.9 Å². The quantitative estimate of drug-likeness (QED) is 0.226. The van der Waals surface area contributed by atoms with E-state index < -0.39 is 5.97 Å². The SMILES string of the molecule is CCCCCCCC(=O)Oc1c(OC)c(OC)c(OC(=O)C(C)C)c2cc(Cl)ccc12. The number of carbonyl (C=O) groups excluding carboxylic acids is 2. The van der Waals surface area contributed by atoms with Crippen molar-refractivity contribution in [3.8, 4) is 23.0 Å². The molecule has 0 heterocycles. The molecule has 0 unspecified atom stereocenters. The van der Waals surface area contributed by atoms with Crippen molar-refractivity contribution >= 4 is 34.3 Å². The molecule has 0 fully saturated rings. The van der Waals surface area contributed by atoms with Gasteiger partial charge in [0.05, 0.1) is 20.1 Å². The van der Waals surface area contributed by atoms with E-state index in [9.17, 15) is 9.59 Å². The van der Waals surface area contributed by atoms with E-state index in [1.54, 1.807) is 32.0 Å². The van der Waals surface area contributed by atoms with Crippen LogP contribution in [0.5, 0.6) is 23.0 Å². The molecule has 0 radical (unpaired) electrons. The van der Waals surface area contributed by atoms with Gasteiger partial charge in [0.2, 0.25) is 11.5 Å². The van der Waals surface area contributed by atoms with Crippen LogP contribution in [-0.2, 0) is 9.59 Å². The zero-order valence-corrected chi connectivity index (χ0v) is 19.6. The molecule has 170 valence electrons. The summed E-state index contributed by atoms with van der Waals surface area (Å²) in [7, 11) is 2.87. The number of hydrogen-bond donors (Lipinski definition) is 0. The highest BCUT2D eigenvalue weighted by atomic mass is 35.5. The zero-order chi connectivity index (χ0) is 23.0. The largest absolute Gasteiger partial charge is 0.490 e. The Hall–Kier alpha value is -2.47. The molecule has 6 nitrogen and oxygen atoms in total. The topological polar surface area (TPSA) is 71.1 Å². The lowest BCUT2D eigenvalue weighted by Gasteiger charge is -2.20. The molecule has 0 N–H and O–H groups in total. The molecule has 0 aromatic heterocycles. The average molecular weight is 451 g/mol. The van der Waals surface area contributed by atoms with E-state index in [1.807, 2.05) is 0 Å². The van der Waals surface area contributed by atoms with Crippen LogP contribution in [0.25, 0.3) is 10.8 Å². The minimum absolute atomic E-state index is 0.164. The maximum absolute atomic E-state index is 12.5. The summed E-state index contributed by atoms with van der Waals surface area (Å²) in [5.74, 6) is -0.405. The lowest BCUT2D eigenvalue weighted by atomic mass is 10.1. The molecule has 2 aromatic carbocycles. The van der Waals surface area contributed by atoms with Crippen molar-refractivity contribution in [2.75, 3.05) is 14.2 Å². The average Bonchev–Trinajstić information content (AvgIpc) is 2.74. The van der Waals surface area contributed by atoms with Crippen molar-refractivity contribution in [2.45, 2.75) is 59.3 Å². The molecule has 0 aliphatic rings. The summed E-state index contributed by atoms with van der Waals surface area (Å²) in [4.78, 5) is 24.9. The fraction of sp³-hybridized carbons (Fsp3) is 0.500. The van der Waals surface area contributed by atoms with Crippen molar-refractivity contribution in [3.63, 3.8) is 0 Å². The van der Waals surface area contributed by atoms with E-state index in [4.69, 9.17) is 30.5 Å². The Bertz CT molecular complexity index is 922.